The minimum atomic E-state index is -0.543. The van der Waals surface area contributed by atoms with Crippen LogP contribution in [0, 0.1) is 5.92 Å². The number of rotatable bonds is 5. The third-order valence-corrected chi connectivity index (χ3v) is 3.21. The topological polar surface area (TPSA) is 64.4 Å². The molecule has 1 amide bonds. The Morgan fingerprint density at radius 3 is 2.78 bits per heavy atom. The highest BCUT2D eigenvalue weighted by Crippen LogP contribution is 2.27. The number of methoxy groups -OCH3 is 1. The van der Waals surface area contributed by atoms with Crippen LogP contribution in [0.3, 0.4) is 0 Å². The molecule has 1 rings (SSSR count). The predicted molar refractivity (Wildman–Crippen MR) is 74.1 cm³/mol. The lowest BCUT2D eigenvalue weighted by Crippen LogP contribution is -2.40. The first kappa shape index (κ1) is 14.8. The van der Waals surface area contributed by atoms with Crippen molar-refractivity contribution in [1.82, 2.24) is 0 Å². The number of ether oxygens (including phenoxy) is 1. The van der Waals surface area contributed by atoms with Gasteiger partial charge in [0, 0.05) is 5.02 Å². The largest absolute Gasteiger partial charge is 0.495 e. The smallest absolute Gasteiger partial charge is 0.241 e. The molecule has 0 saturated carbocycles. The van der Waals surface area contributed by atoms with Crippen LogP contribution in [0.15, 0.2) is 18.2 Å². The Bertz CT molecular complexity index is 423. The quantitative estimate of drug-likeness (QED) is 0.865. The van der Waals surface area contributed by atoms with Crippen molar-refractivity contribution < 1.29 is 9.53 Å². The Labute approximate surface area is 112 Å². The highest BCUT2D eigenvalue weighted by molar-refractivity contribution is 6.31. The summed E-state index contributed by atoms with van der Waals surface area (Å²) in [6.45, 7) is 3.94. The van der Waals surface area contributed by atoms with Gasteiger partial charge in [0.05, 0.1) is 18.8 Å². The van der Waals surface area contributed by atoms with E-state index in [-0.39, 0.29) is 11.8 Å². The van der Waals surface area contributed by atoms with Gasteiger partial charge in [-0.3, -0.25) is 4.79 Å². The molecule has 0 aromatic heterocycles. The van der Waals surface area contributed by atoms with Crippen molar-refractivity contribution in [3.8, 4) is 5.75 Å². The van der Waals surface area contributed by atoms with Crippen molar-refractivity contribution >= 4 is 23.2 Å². The third kappa shape index (κ3) is 3.62. The van der Waals surface area contributed by atoms with Gasteiger partial charge in [-0.25, -0.2) is 0 Å². The minimum Gasteiger partial charge on any atom is -0.495 e. The molecular formula is C13H19ClN2O2. The molecule has 0 aliphatic carbocycles. The predicted octanol–water partition coefficient (Wildman–Crippen LogP) is 2.66. The minimum absolute atomic E-state index is 0.121. The molecule has 5 heteroatoms. The van der Waals surface area contributed by atoms with Gasteiger partial charge in [0.15, 0.2) is 0 Å². The second kappa shape index (κ2) is 6.61. The highest BCUT2D eigenvalue weighted by atomic mass is 35.5. The molecule has 0 unspecified atom stereocenters. The van der Waals surface area contributed by atoms with Gasteiger partial charge in [0.2, 0.25) is 5.91 Å². The lowest BCUT2D eigenvalue weighted by molar-refractivity contribution is -0.118. The second-order valence-electron chi connectivity index (χ2n) is 4.25. The van der Waals surface area contributed by atoms with E-state index in [0.717, 1.165) is 6.42 Å². The van der Waals surface area contributed by atoms with E-state index in [9.17, 15) is 4.79 Å². The first-order chi connectivity index (χ1) is 8.49. The molecule has 0 spiro atoms. The molecule has 0 bridgehead atoms. The van der Waals surface area contributed by atoms with Crippen LogP contribution in [-0.4, -0.2) is 19.1 Å². The van der Waals surface area contributed by atoms with Gasteiger partial charge in [-0.15, -0.1) is 0 Å². The van der Waals surface area contributed by atoms with Gasteiger partial charge in [-0.05, 0) is 24.1 Å². The van der Waals surface area contributed by atoms with E-state index in [1.54, 1.807) is 18.2 Å². The Hall–Kier alpha value is -1.26. The summed E-state index contributed by atoms with van der Waals surface area (Å²) < 4.78 is 5.15. The van der Waals surface area contributed by atoms with Crippen LogP contribution >= 0.6 is 11.6 Å². The Balaban J connectivity index is 2.84. The van der Waals surface area contributed by atoms with E-state index >= 15 is 0 Å². The summed E-state index contributed by atoms with van der Waals surface area (Å²) in [7, 11) is 1.54. The van der Waals surface area contributed by atoms with Crippen molar-refractivity contribution in [2.45, 2.75) is 26.3 Å². The summed E-state index contributed by atoms with van der Waals surface area (Å²) in [6.07, 6.45) is 0.848. The lowest BCUT2D eigenvalue weighted by Gasteiger charge is -2.18. The van der Waals surface area contributed by atoms with Gasteiger partial charge in [0.1, 0.15) is 5.75 Å². The van der Waals surface area contributed by atoms with Crippen molar-refractivity contribution in [2.75, 3.05) is 12.4 Å². The van der Waals surface area contributed by atoms with Crippen LogP contribution in [0.25, 0.3) is 0 Å². The van der Waals surface area contributed by atoms with Crippen LogP contribution in [0.1, 0.15) is 20.3 Å². The Morgan fingerprint density at radius 2 is 2.22 bits per heavy atom. The average molecular weight is 271 g/mol. The van der Waals surface area contributed by atoms with Crippen molar-refractivity contribution in [3.05, 3.63) is 23.2 Å². The van der Waals surface area contributed by atoms with Gasteiger partial charge in [-0.2, -0.15) is 0 Å². The first-order valence-corrected chi connectivity index (χ1v) is 6.27. The van der Waals surface area contributed by atoms with Crippen LogP contribution in [0.5, 0.6) is 5.75 Å². The summed E-state index contributed by atoms with van der Waals surface area (Å²) in [5.74, 6) is 0.448. The van der Waals surface area contributed by atoms with E-state index in [2.05, 4.69) is 5.32 Å². The molecule has 0 radical (unpaired) electrons. The molecule has 0 fully saturated rings. The zero-order valence-electron chi connectivity index (χ0n) is 10.9. The van der Waals surface area contributed by atoms with Gasteiger partial charge in [-0.1, -0.05) is 31.9 Å². The third-order valence-electron chi connectivity index (χ3n) is 2.98. The van der Waals surface area contributed by atoms with Crippen LogP contribution < -0.4 is 15.8 Å². The summed E-state index contributed by atoms with van der Waals surface area (Å²) >= 11 is 5.89. The Morgan fingerprint density at radius 1 is 1.56 bits per heavy atom. The molecule has 1 aromatic carbocycles. The van der Waals surface area contributed by atoms with Crippen LogP contribution in [-0.2, 0) is 4.79 Å². The molecule has 100 valence electrons. The second-order valence-corrected chi connectivity index (χ2v) is 4.68. The molecule has 0 aliphatic rings. The van der Waals surface area contributed by atoms with Crippen LogP contribution in [0.2, 0.25) is 5.02 Å². The van der Waals surface area contributed by atoms with Crippen molar-refractivity contribution in [1.29, 1.82) is 0 Å². The standard InChI is InChI=1S/C13H19ClN2O2/c1-4-8(2)12(15)13(17)16-10-7-9(14)5-6-11(10)18-3/h5-8,12H,4,15H2,1-3H3,(H,16,17)/t8-,12-/m0/s1. The summed E-state index contributed by atoms with van der Waals surface area (Å²) in [6, 6.07) is 4.50. The zero-order chi connectivity index (χ0) is 13.7. The first-order valence-electron chi connectivity index (χ1n) is 5.89. The number of carbonyl (C=O) groups excluding carboxylic acids is 1. The molecule has 2 atom stereocenters. The number of benzene rings is 1. The van der Waals surface area contributed by atoms with Gasteiger partial charge in [0.25, 0.3) is 0 Å². The highest BCUT2D eigenvalue weighted by Gasteiger charge is 2.20. The van der Waals surface area contributed by atoms with E-state index in [4.69, 9.17) is 22.1 Å². The average Bonchev–Trinajstić information content (AvgIpc) is 2.37. The van der Waals surface area contributed by atoms with Crippen molar-refractivity contribution in [3.63, 3.8) is 0 Å². The van der Waals surface area contributed by atoms with Crippen molar-refractivity contribution in [2.24, 2.45) is 11.7 Å². The summed E-state index contributed by atoms with van der Waals surface area (Å²) in [4.78, 5) is 12.0. The number of amides is 1. The number of halogens is 1. The SMILES string of the molecule is CC[C@H](C)[C@H](N)C(=O)Nc1cc(Cl)ccc1OC. The van der Waals surface area contributed by atoms with Crippen LogP contribution in [0.4, 0.5) is 5.69 Å². The number of carbonyl (C=O) groups is 1. The van der Waals surface area contributed by atoms with E-state index in [1.807, 2.05) is 13.8 Å². The maximum absolute atomic E-state index is 12.0. The Kier molecular flexibility index (Phi) is 5.44. The maximum Gasteiger partial charge on any atom is 0.241 e. The normalized spacial score (nSPS) is 13.8. The molecule has 4 nitrogen and oxygen atoms in total. The molecule has 1 aromatic rings. The fraction of sp³-hybridized carbons (Fsp3) is 0.462. The molecular weight excluding hydrogens is 252 g/mol. The zero-order valence-corrected chi connectivity index (χ0v) is 11.6. The number of hydrogen-bond acceptors (Lipinski definition) is 3. The van der Waals surface area contributed by atoms with Gasteiger partial charge < -0.3 is 15.8 Å². The number of hydrogen-bond donors (Lipinski definition) is 2. The van der Waals surface area contributed by atoms with Gasteiger partial charge >= 0.3 is 0 Å². The fourth-order valence-corrected chi connectivity index (χ4v) is 1.68. The lowest BCUT2D eigenvalue weighted by atomic mass is 9.99. The number of anilines is 1. The van der Waals surface area contributed by atoms with E-state index in [1.165, 1.54) is 7.11 Å². The molecule has 3 N–H and O–H groups in total. The fourth-order valence-electron chi connectivity index (χ4n) is 1.51. The molecule has 0 saturated heterocycles. The molecule has 18 heavy (non-hydrogen) atoms. The maximum atomic E-state index is 12.0. The monoisotopic (exact) mass is 270 g/mol. The molecule has 0 heterocycles. The van der Waals surface area contributed by atoms with E-state index in [0.29, 0.717) is 16.5 Å². The summed E-state index contributed by atoms with van der Waals surface area (Å²) in [5.41, 5.74) is 6.40. The summed E-state index contributed by atoms with van der Waals surface area (Å²) in [5, 5.41) is 3.27. The molecule has 0 aliphatic heterocycles. The number of nitrogens with two attached hydrogens (primary N) is 1. The number of nitrogens with one attached hydrogen (secondary N) is 1. The van der Waals surface area contributed by atoms with E-state index < -0.39 is 6.04 Å².